The van der Waals surface area contributed by atoms with E-state index in [-0.39, 0.29) is 23.4 Å². The highest BCUT2D eigenvalue weighted by Gasteiger charge is 2.28. The molecule has 5 rings (SSSR count). The monoisotopic (exact) mass is 449 g/mol. The molecule has 3 aromatic carbocycles. The van der Waals surface area contributed by atoms with Gasteiger partial charge in [0.1, 0.15) is 11.8 Å². The minimum Gasteiger partial charge on any atom is -0.431 e. The number of anilines is 1. The van der Waals surface area contributed by atoms with Crippen LogP contribution in [0.4, 0.5) is 11.5 Å². The Morgan fingerprint density at radius 1 is 0.794 bits per heavy atom. The second kappa shape index (κ2) is 9.33. The van der Waals surface area contributed by atoms with Crippen molar-refractivity contribution in [2.45, 2.75) is 6.04 Å². The van der Waals surface area contributed by atoms with Crippen molar-refractivity contribution < 1.29 is 9.66 Å². The summed E-state index contributed by atoms with van der Waals surface area (Å²) >= 11 is 0. The van der Waals surface area contributed by atoms with Crippen molar-refractivity contribution >= 4 is 22.4 Å². The minimum atomic E-state index is -0.538. The summed E-state index contributed by atoms with van der Waals surface area (Å²) < 4.78 is 5.92. The molecular weight excluding hydrogens is 430 g/mol. The minimum absolute atomic E-state index is 0.0564. The lowest BCUT2D eigenvalue weighted by molar-refractivity contribution is -0.385. The van der Waals surface area contributed by atoms with Crippen LogP contribution in [0.15, 0.2) is 104 Å². The Balaban J connectivity index is 1.57. The summed E-state index contributed by atoms with van der Waals surface area (Å²) in [5.74, 6) is 0.259. The number of fused-ring (bicyclic) bond motifs is 1. The molecular formula is C26H19N5O3. The number of nitrogens with one attached hydrogen (secondary N) is 1. The van der Waals surface area contributed by atoms with Gasteiger partial charge >= 0.3 is 11.6 Å². The summed E-state index contributed by atoms with van der Waals surface area (Å²) in [7, 11) is 0. The molecule has 0 amide bonds. The van der Waals surface area contributed by atoms with Crippen molar-refractivity contribution in [3.8, 4) is 11.6 Å². The highest BCUT2D eigenvalue weighted by atomic mass is 16.6. The lowest BCUT2D eigenvalue weighted by atomic mass is 9.99. The molecule has 1 N–H and O–H groups in total. The van der Waals surface area contributed by atoms with Gasteiger partial charge in [0, 0.05) is 11.6 Å². The lowest BCUT2D eigenvalue weighted by Crippen LogP contribution is -2.15. The number of hydrogen-bond donors (Lipinski definition) is 1. The van der Waals surface area contributed by atoms with E-state index in [1.165, 1.54) is 6.33 Å². The van der Waals surface area contributed by atoms with E-state index in [2.05, 4.69) is 20.3 Å². The van der Waals surface area contributed by atoms with Crippen molar-refractivity contribution in [1.29, 1.82) is 0 Å². The summed E-state index contributed by atoms with van der Waals surface area (Å²) in [4.78, 5) is 24.2. The van der Waals surface area contributed by atoms with Gasteiger partial charge in [0.15, 0.2) is 5.75 Å². The van der Waals surface area contributed by atoms with Crippen molar-refractivity contribution in [3.63, 3.8) is 0 Å². The first kappa shape index (κ1) is 21.0. The average molecular weight is 449 g/mol. The van der Waals surface area contributed by atoms with E-state index < -0.39 is 4.92 Å². The Morgan fingerprint density at radius 2 is 1.47 bits per heavy atom. The van der Waals surface area contributed by atoms with Gasteiger partial charge in [0.05, 0.1) is 11.0 Å². The third-order valence-corrected chi connectivity index (χ3v) is 5.32. The normalized spacial score (nSPS) is 10.9. The molecule has 0 saturated heterocycles. The van der Waals surface area contributed by atoms with Gasteiger partial charge in [-0.05, 0) is 23.3 Å². The number of nitro groups is 1. The molecule has 34 heavy (non-hydrogen) atoms. The second-order valence-electron chi connectivity index (χ2n) is 7.47. The van der Waals surface area contributed by atoms with E-state index in [0.717, 1.165) is 16.5 Å². The highest BCUT2D eigenvalue weighted by Crippen LogP contribution is 2.38. The van der Waals surface area contributed by atoms with Crippen LogP contribution < -0.4 is 10.1 Å². The Hall–Kier alpha value is -4.85. The van der Waals surface area contributed by atoms with E-state index >= 15 is 0 Å². The largest absolute Gasteiger partial charge is 0.431 e. The Labute approximate surface area is 195 Å². The molecule has 0 aliphatic carbocycles. The van der Waals surface area contributed by atoms with Crippen LogP contribution in [0.3, 0.4) is 0 Å². The molecule has 0 spiro atoms. The molecule has 0 aliphatic heterocycles. The fourth-order valence-electron chi connectivity index (χ4n) is 3.76. The van der Waals surface area contributed by atoms with E-state index in [0.29, 0.717) is 11.3 Å². The molecule has 166 valence electrons. The molecule has 0 radical (unpaired) electrons. The second-order valence-corrected chi connectivity index (χ2v) is 7.47. The number of aromatic nitrogens is 3. The number of para-hydroxylation sites is 1. The van der Waals surface area contributed by atoms with Crippen LogP contribution in [-0.4, -0.2) is 19.9 Å². The molecule has 2 heterocycles. The van der Waals surface area contributed by atoms with E-state index in [9.17, 15) is 10.1 Å². The molecule has 0 unspecified atom stereocenters. The molecule has 0 saturated carbocycles. The summed E-state index contributed by atoms with van der Waals surface area (Å²) in [5.41, 5.74) is 2.09. The smallest absolute Gasteiger partial charge is 0.373 e. The molecule has 8 heteroatoms. The van der Waals surface area contributed by atoms with Crippen LogP contribution in [0.25, 0.3) is 10.9 Å². The summed E-state index contributed by atoms with van der Waals surface area (Å²) in [6.07, 6.45) is 2.89. The van der Waals surface area contributed by atoms with Gasteiger partial charge in [-0.25, -0.2) is 4.98 Å². The number of pyridine rings is 1. The zero-order valence-corrected chi connectivity index (χ0v) is 17.9. The quantitative estimate of drug-likeness (QED) is 0.243. The zero-order valence-electron chi connectivity index (χ0n) is 17.9. The number of ether oxygens (including phenoxy) is 1. The Bertz CT molecular complexity index is 1400. The molecule has 2 aromatic heterocycles. The van der Waals surface area contributed by atoms with Gasteiger partial charge in [-0.1, -0.05) is 78.9 Å². The molecule has 0 atom stereocenters. The first-order valence-corrected chi connectivity index (χ1v) is 10.6. The van der Waals surface area contributed by atoms with E-state index in [1.54, 1.807) is 18.3 Å². The van der Waals surface area contributed by atoms with Crippen molar-refractivity contribution in [3.05, 3.63) is 125 Å². The van der Waals surface area contributed by atoms with Crippen LogP contribution in [0.2, 0.25) is 0 Å². The van der Waals surface area contributed by atoms with Gasteiger partial charge in [-0.3, -0.25) is 15.1 Å². The molecule has 0 aliphatic rings. The Kier molecular flexibility index (Phi) is 5.77. The molecule has 0 fully saturated rings. The maximum Gasteiger partial charge on any atom is 0.373 e. The third-order valence-electron chi connectivity index (χ3n) is 5.32. The van der Waals surface area contributed by atoms with Crippen LogP contribution in [0, 0.1) is 10.1 Å². The van der Waals surface area contributed by atoms with Gasteiger partial charge in [0.2, 0.25) is 5.82 Å². The summed E-state index contributed by atoms with van der Waals surface area (Å²) in [6, 6.07) is 28.1. The van der Waals surface area contributed by atoms with Crippen LogP contribution in [0.5, 0.6) is 11.6 Å². The Morgan fingerprint density at radius 3 is 2.15 bits per heavy atom. The average Bonchev–Trinajstić information content (AvgIpc) is 2.88. The predicted octanol–water partition coefficient (Wildman–Crippen LogP) is 5.93. The first-order valence-electron chi connectivity index (χ1n) is 10.6. The standard InChI is InChI=1S/C26H19N5O3/c32-31(33)24-25(30-22(18-9-3-1-4-10-18)19-11-5-2-6-12-19)28-17-29-26(24)34-21-15-7-13-20-14-8-16-27-23(20)21/h1-17,22H,(H,28,29,30). The molecule has 8 nitrogen and oxygen atoms in total. The van der Waals surface area contributed by atoms with Crippen LogP contribution in [0.1, 0.15) is 17.2 Å². The number of benzene rings is 3. The van der Waals surface area contributed by atoms with E-state index in [4.69, 9.17) is 4.74 Å². The SMILES string of the molecule is O=[N+]([O-])c1c(NC(c2ccccc2)c2ccccc2)ncnc1Oc1cccc2cccnc12. The van der Waals surface area contributed by atoms with Crippen LogP contribution >= 0.6 is 0 Å². The maximum atomic E-state index is 12.1. The van der Waals surface area contributed by atoms with Gasteiger partial charge in [0.25, 0.3) is 0 Å². The van der Waals surface area contributed by atoms with Crippen LogP contribution in [-0.2, 0) is 0 Å². The fraction of sp³-hybridized carbons (Fsp3) is 0.0385. The van der Waals surface area contributed by atoms with Crippen molar-refractivity contribution in [1.82, 2.24) is 15.0 Å². The van der Waals surface area contributed by atoms with E-state index in [1.807, 2.05) is 78.9 Å². The molecule has 0 bridgehead atoms. The number of hydrogen-bond acceptors (Lipinski definition) is 7. The van der Waals surface area contributed by atoms with Gasteiger partial charge < -0.3 is 10.1 Å². The van der Waals surface area contributed by atoms with Crippen molar-refractivity contribution in [2.75, 3.05) is 5.32 Å². The highest BCUT2D eigenvalue weighted by molar-refractivity contribution is 5.84. The predicted molar refractivity (Wildman–Crippen MR) is 129 cm³/mol. The molecule has 5 aromatic rings. The van der Waals surface area contributed by atoms with Gasteiger partial charge in [-0.15, -0.1) is 0 Å². The number of nitrogens with zero attached hydrogens (tertiary/aromatic N) is 4. The fourth-order valence-corrected chi connectivity index (χ4v) is 3.76. The maximum absolute atomic E-state index is 12.1. The summed E-state index contributed by atoms with van der Waals surface area (Å²) in [5, 5.41) is 16.2. The third kappa shape index (κ3) is 4.24. The topological polar surface area (TPSA) is 103 Å². The zero-order chi connectivity index (χ0) is 23.3. The summed E-state index contributed by atoms with van der Waals surface area (Å²) in [6.45, 7) is 0. The van der Waals surface area contributed by atoms with Gasteiger partial charge in [-0.2, -0.15) is 4.98 Å². The number of rotatable bonds is 7. The first-order chi connectivity index (χ1) is 16.7. The van der Waals surface area contributed by atoms with Crippen molar-refractivity contribution in [2.24, 2.45) is 0 Å². The lowest BCUT2D eigenvalue weighted by Gasteiger charge is -2.20.